The Bertz CT molecular complexity index is 1460. The van der Waals surface area contributed by atoms with E-state index < -0.39 is 5.91 Å². The van der Waals surface area contributed by atoms with Crippen molar-refractivity contribution < 1.29 is 14.3 Å². The topological polar surface area (TPSA) is 116 Å². The second-order valence-electron chi connectivity index (χ2n) is 9.31. The molecule has 0 saturated carbocycles. The van der Waals surface area contributed by atoms with Crippen molar-refractivity contribution in [1.29, 1.82) is 0 Å². The molecule has 1 aliphatic rings. The number of benzene rings is 2. The Balaban J connectivity index is 1.40. The third kappa shape index (κ3) is 5.34. The quantitative estimate of drug-likeness (QED) is 0.338. The number of amides is 2. The predicted molar refractivity (Wildman–Crippen MR) is 145 cm³/mol. The number of imidazole rings is 1. The lowest BCUT2D eigenvalue weighted by molar-refractivity contribution is -0.123. The van der Waals surface area contributed by atoms with Gasteiger partial charge in [-0.25, -0.2) is 4.98 Å². The van der Waals surface area contributed by atoms with Gasteiger partial charge in [-0.05, 0) is 56.6 Å². The van der Waals surface area contributed by atoms with Gasteiger partial charge in [-0.15, -0.1) is 11.3 Å². The van der Waals surface area contributed by atoms with Crippen LogP contribution in [0.1, 0.15) is 46.7 Å². The number of nitrogens with zero attached hydrogens (tertiary/aromatic N) is 3. The van der Waals surface area contributed by atoms with Crippen molar-refractivity contribution in [3.05, 3.63) is 75.9 Å². The second kappa shape index (κ2) is 10.5. The fourth-order valence-corrected chi connectivity index (χ4v) is 5.98. The third-order valence-electron chi connectivity index (χ3n) is 6.80. The van der Waals surface area contributed by atoms with Gasteiger partial charge in [-0.1, -0.05) is 35.9 Å². The maximum Gasteiger partial charge on any atom is 0.262 e. The summed E-state index contributed by atoms with van der Waals surface area (Å²) in [5, 5.41) is 1.37. The molecule has 192 valence electrons. The molecule has 10 heteroatoms. The van der Waals surface area contributed by atoms with Crippen LogP contribution in [0.2, 0.25) is 5.02 Å². The summed E-state index contributed by atoms with van der Waals surface area (Å²) in [5.41, 5.74) is 14.9. The van der Waals surface area contributed by atoms with E-state index in [1.165, 1.54) is 11.3 Å². The Labute approximate surface area is 223 Å². The van der Waals surface area contributed by atoms with E-state index in [1.807, 2.05) is 41.8 Å². The molecule has 2 amide bonds. The van der Waals surface area contributed by atoms with E-state index in [4.69, 9.17) is 27.8 Å². The first kappa shape index (κ1) is 25.3. The average Bonchev–Trinajstić information content (AvgIpc) is 3.48. The van der Waals surface area contributed by atoms with E-state index in [2.05, 4.69) is 22.0 Å². The van der Waals surface area contributed by atoms with Gasteiger partial charge in [0, 0.05) is 29.1 Å². The van der Waals surface area contributed by atoms with E-state index in [0.29, 0.717) is 15.6 Å². The number of aromatic nitrogens is 2. The molecule has 4 N–H and O–H groups in total. The summed E-state index contributed by atoms with van der Waals surface area (Å²) in [6, 6.07) is 15.5. The lowest BCUT2D eigenvalue weighted by Gasteiger charge is -2.30. The van der Waals surface area contributed by atoms with Crippen molar-refractivity contribution >= 4 is 45.8 Å². The second-order valence-corrected chi connectivity index (χ2v) is 10.8. The number of carbonyl (C=O) groups excluding carboxylic acids is 2. The van der Waals surface area contributed by atoms with Crippen LogP contribution >= 0.6 is 22.9 Å². The van der Waals surface area contributed by atoms with Crippen molar-refractivity contribution in [1.82, 2.24) is 14.5 Å². The molecular formula is C27H28ClN5O3S. The van der Waals surface area contributed by atoms with E-state index in [0.717, 1.165) is 59.6 Å². The molecule has 0 spiro atoms. The van der Waals surface area contributed by atoms with Crippen molar-refractivity contribution in [3.8, 4) is 10.8 Å². The zero-order valence-corrected chi connectivity index (χ0v) is 22.0. The highest BCUT2D eigenvalue weighted by Crippen LogP contribution is 2.37. The van der Waals surface area contributed by atoms with Crippen LogP contribution in [0.15, 0.2) is 54.9 Å². The molecule has 5 rings (SSSR count). The number of hydrogen-bond donors (Lipinski definition) is 2. The number of primary amides is 2. The molecule has 37 heavy (non-hydrogen) atoms. The molecule has 1 saturated heterocycles. The molecule has 0 bridgehead atoms. The SMILES string of the molecule is CC(Oc1cc(-n2cnc3ccc(CN4CCC(C(N)=O)CC4)cc32)sc1C(N)=O)c1ccccc1Cl. The fraction of sp³-hybridized carbons (Fsp3) is 0.296. The van der Waals surface area contributed by atoms with Crippen LogP contribution in [-0.4, -0.2) is 39.4 Å². The first-order chi connectivity index (χ1) is 17.8. The van der Waals surface area contributed by atoms with Crippen LogP contribution in [0.25, 0.3) is 16.0 Å². The molecule has 4 aromatic rings. The number of likely N-dealkylation sites (tertiary alicyclic amines) is 1. The highest BCUT2D eigenvalue weighted by Gasteiger charge is 2.24. The highest BCUT2D eigenvalue weighted by molar-refractivity contribution is 7.16. The van der Waals surface area contributed by atoms with Gasteiger partial charge in [-0.3, -0.25) is 19.1 Å². The molecular weight excluding hydrogens is 510 g/mol. The largest absolute Gasteiger partial charge is 0.484 e. The molecule has 3 heterocycles. The Morgan fingerprint density at radius 1 is 1.16 bits per heavy atom. The van der Waals surface area contributed by atoms with Crippen molar-refractivity contribution in [2.24, 2.45) is 17.4 Å². The molecule has 1 atom stereocenters. The maximum absolute atomic E-state index is 12.3. The maximum atomic E-state index is 12.3. The van der Waals surface area contributed by atoms with E-state index in [9.17, 15) is 9.59 Å². The molecule has 2 aromatic carbocycles. The molecule has 0 radical (unpaired) electrons. The monoisotopic (exact) mass is 537 g/mol. The summed E-state index contributed by atoms with van der Waals surface area (Å²) in [4.78, 5) is 31.0. The number of nitrogens with two attached hydrogens (primary N) is 2. The summed E-state index contributed by atoms with van der Waals surface area (Å²) in [7, 11) is 0. The first-order valence-electron chi connectivity index (χ1n) is 12.1. The van der Waals surface area contributed by atoms with Crippen LogP contribution in [0.4, 0.5) is 0 Å². The summed E-state index contributed by atoms with van der Waals surface area (Å²) in [6.07, 6.45) is 2.94. The van der Waals surface area contributed by atoms with Gasteiger partial charge in [0.25, 0.3) is 5.91 Å². The zero-order valence-electron chi connectivity index (χ0n) is 20.4. The van der Waals surface area contributed by atoms with Gasteiger partial charge in [0.2, 0.25) is 5.91 Å². The molecule has 8 nitrogen and oxygen atoms in total. The van der Waals surface area contributed by atoms with Gasteiger partial charge in [0.1, 0.15) is 28.1 Å². The van der Waals surface area contributed by atoms with Gasteiger partial charge < -0.3 is 16.2 Å². The van der Waals surface area contributed by atoms with E-state index in [-0.39, 0.29) is 17.9 Å². The standard InChI is InChI=1S/C27H28ClN5O3S/c1-16(19-4-2-3-5-20(19)28)36-23-13-24(37-25(23)27(30)35)33-15-31-21-7-6-17(12-22(21)33)14-32-10-8-18(9-11-32)26(29)34/h2-7,12-13,15-16,18H,8-11,14H2,1H3,(H2,29,34)(H2,30,35). The van der Waals surface area contributed by atoms with Gasteiger partial charge in [0.05, 0.1) is 11.0 Å². The zero-order chi connectivity index (χ0) is 26.1. The smallest absolute Gasteiger partial charge is 0.262 e. The number of fused-ring (bicyclic) bond motifs is 1. The van der Waals surface area contributed by atoms with Gasteiger partial charge in [-0.2, -0.15) is 0 Å². The van der Waals surface area contributed by atoms with Crippen LogP contribution < -0.4 is 16.2 Å². The Kier molecular flexibility index (Phi) is 7.19. The highest BCUT2D eigenvalue weighted by atomic mass is 35.5. The summed E-state index contributed by atoms with van der Waals surface area (Å²) >= 11 is 7.60. The number of ether oxygens (including phenoxy) is 1. The van der Waals surface area contributed by atoms with Crippen LogP contribution in [0.3, 0.4) is 0 Å². The Hall–Kier alpha value is -3.40. The first-order valence-corrected chi connectivity index (χ1v) is 13.3. The predicted octanol–water partition coefficient (Wildman–Crippen LogP) is 4.68. The normalized spacial score (nSPS) is 15.6. The number of hydrogen-bond acceptors (Lipinski definition) is 6. The summed E-state index contributed by atoms with van der Waals surface area (Å²) in [6.45, 7) is 4.33. The number of carbonyl (C=O) groups is 2. The van der Waals surface area contributed by atoms with Gasteiger partial charge >= 0.3 is 0 Å². The van der Waals surface area contributed by atoms with Crippen LogP contribution in [0, 0.1) is 5.92 Å². The van der Waals surface area contributed by atoms with E-state index in [1.54, 1.807) is 12.4 Å². The molecule has 1 fully saturated rings. The minimum Gasteiger partial charge on any atom is -0.484 e. The van der Waals surface area contributed by atoms with Crippen LogP contribution in [0.5, 0.6) is 5.75 Å². The molecule has 0 aliphatic carbocycles. The lowest BCUT2D eigenvalue weighted by atomic mass is 9.96. The van der Waals surface area contributed by atoms with E-state index >= 15 is 0 Å². The Morgan fingerprint density at radius 2 is 1.92 bits per heavy atom. The van der Waals surface area contributed by atoms with Crippen LogP contribution in [-0.2, 0) is 11.3 Å². The number of piperidine rings is 1. The minimum absolute atomic E-state index is 0.0320. The minimum atomic E-state index is -0.554. The third-order valence-corrected chi connectivity index (χ3v) is 8.28. The molecule has 1 aliphatic heterocycles. The number of thiophene rings is 1. The molecule has 1 unspecified atom stereocenters. The summed E-state index contributed by atoms with van der Waals surface area (Å²) in [5.74, 6) is -0.381. The Morgan fingerprint density at radius 3 is 2.62 bits per heavy atom. The number of halogens is 1. The van der Waals surface area contributed by atoms with Crippen molar-refractivity contribution in [2.75, 3.05) is 13.1 Å². The average molecular weight is 538 g/mol. The van der Waals surface area contributed by atoms with Crippen molar-refractivity contribution in [2.45, 2.75) is 32.4 Å². The molecule has 2 aromatic heterocycles. The summed E-state index contributed by atoms with van der Waals surface area (Å²) < 4.78 is 8.11. The van der Waals surface area contributed by atoms with Crippen molar-refractivity contribution in [3.63, 3.8) is 0 Å². The lowest BCUT2D eigenvalue weighted by Crippen LogP contribution is -2.38. The number of rotatable bonds is 8. The fourth-order valence-electron chi connectivity index (χ4n) is 4.76. The van der Waals surface area contributed by atoms with Gasteiger partial charge in [0.15, 0.2) is 0 Å².